The lowest BCUT2D eigenvalue weighted by Gasteiger charge is -2.34. The van der Waals surface area contributed by atoms with Gasteiger partial charge in [0.2, 0.25) is 5.91 Å². The van der Waals surface area contributed by atoms with Crippen LogP contribution < -0.4 is 11.1 Å². The number of likely N-dealkylation sites (tertiary alicyclic amines) is 1. The number of anilines is 2. The van der Waals surface area contributed by atoms with Crippen molar-refractivity contribution in [3.63, 3.8) is 0 Å². The summed E-state index contributed by atoms with van der Waals surface area (Å²) >= 11 is 3.40. The van der Waals surface area contributed by atoms with Crippen LogP contribution in [0.2, 0.25) is 0 Å². The Hall–Kier alpha value is -1.11. The first-order valence-corrected chi connectivity index (χ1v) is 8.09. The molecule has 1 aliphatic rings. The van der Waals surface area contributed by atoms with Crippen LogP contribution >= 0.6 is 15.9 Å². The van der Waals surface area contributed by atoms with E-state index in [0.29, 0.717) is 18.3 Å². The molecule has 4 N–H and O–H groups in total. The summed E-state index contributed by atoms with van der Waals surface area (Å²) in [6.07, 6.45) is 4.07. The highest BCUT2D eigenvalue weighted by molar-refractivity contribution is 9.10. The Balaban J connectivity index is 1.93. The molecular formula is C15H22BrN3O2. The fraction of sp³-hybridized carbons (Fsp3) is 0.533. The number of hydrogen-bond acceptors (Lipinski definition) is 4. The Kier molecular flexibility index (Phi) is 6.02. The summed E-state index contributed by atoms with van der Waals surface area (Å²) in [4.78, 5) is 14.4. The number of nitrogen functional groups attached to an aromatic ring is 1. The van der Waals surface area contributed by atoms with E-state index in [-0.39, 0.29) is 12.5 Å². The van der Waals surface area contributed by atoms with Crippen LogP contribution in [0.1, 0.15) is 25.7 Å². The van der Waals surface area contributed by atoms with E-state index in [9.17, 15) is 4.79 Å². The Morgan fingerprint density at radius 1 is 1.48 bits per heavy atom. The van der Waals surface area contributed by atoms with Crippen molar-refractivity contribution in [2.24, 2.45) is 0 Å². The van der Waals surface area contributed by atoms with Crippen molar-refractivity contribution >= 4 is 33.2 Å². The Morgan fingerprint density at radius 2 is 2.29 bits per heavy atom. The zero-order valence-corrected chi connectivity index (χ0v) is 13.6. The average Bonchev–Trinajstić information content (AvgIpc) is 2.44. The lowest BCUT2D eigenvalue weighted by molar-refractivity contribution is -0.118. The van der Waals surface area contributed by atoms with Crippen molar-refractivity contribution in [2.45, 2.75) is 31.7 Å². The molecule has 0 radical (unpaired) electrons. The number of nitrogens with zero attached hydrogens (tertiary/aromatic N) is 1. The van der Waals surface area contributed by atoms with Crippen LogP contribution in [-0.2, 0) is 4.79 Å². The molecule has 21 heavy (non-hydrogen) atoms. The third-order valence-electron chi connectivity index (χ3n) is 3.83. The molecular weight excluding hydrogens is 334 g/mol. The number of halogens is 1. The number of carbonyl (C=O) groups excluding carboxylic acids is 1. The fourth-order valence-electron chi connectivity index (χ4n) is 2.75. The highest BCUT2D eigenvalue weighted by Crippen LogP contribution is 2.25. The lowest BCUT2D eigenvalue weighted by Crippen LogP contribution is -2.44. The van der Waals surface area contributed by atoms with E-state index in [1.54, 1.807) is 18.2 Å². The van der Waals surface area contributed by atoms with Crippen LogP contribution in [0.5, 0.6) is 0 Å². The van der Waals surface area contributed by atoms with E-state index < -0.39 is 0 Å². The molecule has 5 nitrogen and oxygen atoms in total. The molecule has 1 unspecified atom stereocenters. The number of nitrogens with one attached hydrogen (secondary N) is 1. The standard InChI is InChI=1S/C15H22BrN3O2/c16-13-9-11(17)4-5-14(13)18-15(21)10-19-7-2-1-3-12(19)6-8-20/h4-5,9,12,20H,1-3,6-8,10,17H2,(H,18,21). The third-order valence-corrected chi connectivity index (χ3v) is 4.48. The maximum absolute atomic E-state index is 12.2. The first-order valence-electron chi connectivity index (χ1n) is 7.30. The summed E-state index contributed by atoms with van der Waals surface area (Å²) < 4.78 is 0.779. The number of carbonyl (C=O) groups is 1. The van der Waals surface area contributed by atoms with Gasteiger partial charge in [-0.3, -0.25) is 9.69 Å². The van der Waals surface area contributed by atoms with Crippen molar-refractivity contribution in [1.29, 1.82) is 0 Å². The maximum atomic E-state index is 12.2. The monoisotopic (exact) mass is 355 g/mol. The summed E-state index contributed by atoms with van der Waals surface area (Å²) in [5, 5.41) is 12.0. The molecule has 1 heterocycles. The number of amides is 1. The van der Waals surface area contributed by atoms with Crippen molar-refractivity contribution in [1.82, 2.24) is 4.90 Å². The molecule has 1 amide bonds. The van der Waals surface area contributed by atoms with E-state index in [4.69, 9.17) is 10.8 Å². The summed E-state index contributed by atoms with van der Waals surface area (Å²) in [6.45, 7) is 1.45. The normalized spacial score (nSPS) is 19.4. The van der Waals surface area contributed by atoms with Gasteiger partial charge in [0, 0.05) is 22.8 Å². The van der Waals surface area contributed by atoms with Gasteiger partial charge in [-0.05, 0) is 59.9 Å². The van der Waals surface area contributed by atoms with E-state index >= 15 is 0 Å². The van der Waals surface area contributed by atoms with Gasteiger partial charge in [-0.1, -0.05) is 6.42 Å². The van der Waals surface area contributed by atoms with Crippen LogP contribution in [0.25, 0.3) is 0 Å². The number of aliphatic hydroxyl groups excluding tert-OH is 1. The number of hydrogen-bond donors (Lipinski definition) is 3. The topological polar surface area (TPSA) is 78.6 Å². The second-order valence-electron chi connectivity index (χ2n) is 5.42. The largest absolute Gasteiger partial charge is 0.399 e. The SMILES string of the molecule is Nc1ccc(NC(=O)CN2CCCCC2CCO)c(Br)c1. The van der Waals surface area contributed by atoms with Gasteiger partial charge in [0.05, 0.1) is 12.2 Å². The van der Waals surface area contributed by atoms with Crippen LogP contribution in [0, 0.1) is 0 Å². The molecule has 0 aliphatic carbocycles. The van der Waals surface area contributed by atoms with Crippen LogP contribution in [0.3, 0.4) is 0 Å². The minimum Gasteiger partial charge on any atom is -0.399 e. The van der Waals surface area contributed by atoms with Crippen molar-refractivity contribution in [3.05, 3.63) is 22.7 Å². The van der Waals surface area contributed by atoms with E-state index in [2.05, 4.69) is 26.1 Å². The summed E-state index contributed by atoms with van der Waals surface area (Å²) in [5.41, 5.74) is 7.06. The zero-order valence-electron chi connectivity index (χ0n) is 12.0. The number of nitrogens with two attached hydrogens (primary N) is 1. The number of rotatable bonds is 5. The molecule has 6 heteroatoms. The van der Waals surface area contributed by atoms with Gasteiger partial charge < -0.3 is 16.2 Å². The molecule has 0 saturated carbocycles. The smallest absolute Gasteiger partial charge is 0.238 e. The summed E-state index contributed by atoms with van der Waals surface area (Å²) in [6, 6.07) is 5.63. The molecule has 0 aromatic heterocycles. The first-order chi connectivity index (χ1) is 10.1. The average molecular weight is 356 g/mol. The number of aliphatic hydroxyl groups is 1. The molecule has 2 rings (SSSR count). The molecule has 0 spiro atoms. The van der Waals surface area contributed by atoms with Gasteiger partial charge in [-0.15, -0.1) is 0 Å². The van der Waals surface area contributed by atoms with Gasteiger partial charge >= 0.3 is 0 Å². The highest BCUT2D eigenvalue weighted by atomic mass is 79.9. The minimum absolute atomic E-state index is 0.0367. The lowest BCUT2D eigenvalue weighted by atomic mass is 10.00. The predicted molar refractivity (Wildman–Crippen MR) is 88.1 cm³/mol. The van der Waals surface area contributed by atoms with Gasteiger partial charge in [0.15, 0.2) is 0 Å². The Bertz CT molecular complexity index is 494. The van der Waals surface area contributed by atoms with Gasteiger partial charge in [0.25, 0.3) is 0 Å². The van der Waals surface area contributed by atoms with Crippen molar-refractivity contribution in [2.75, 3.05) is 30.7 Å². The number of benzene rings is 1. The summed E-state index contributed by atoms with van der Waals surface area (Å²) in [5.74, 6) is -0.0367. The van der Waals surface area contributed by atoms with Crippen molar-refractivity contribution in [3.8, 4) is 0 Å². The second kappa shape index (κ2) is 7.77. The third kappa shape index (κ3) is 4.69. The quantitative estimate of drug-likeness (QED) is 0.707. The summed E-state index contributed by atoms with van der Waals surface area (Å²) in [7, 11) is 0. The zero-order chi connectivity index (χ0) is 15.2. The Morgan fingerprint density at radius 3 is 3.00 bits per heavy atom. The molecule has 1 aliphatic heterocycles. The Labute approximate surface area is 133 Å². The second-order valence-corrected chi connectivity index (χ2v) is 6.27. The molecule has 1 saturated heterocycles. The van der Waals surface area contributed by atoms with E-state index in [0.717, 1.165) is 36.0 Å². The van der Waals surface area contributed by atoms with Crippen molar-refractivity contribution < 1.29 is 9.90 Å². The van der Waals surface area contributed by atoms with Gasteiger partial charge in [-0.25, -0.2) is 0 Å². The molecule has 1 aromatic carbocycles. The fourth-order valence-corrected chi connectivity index (χ4v) is 3.25. The molecule has 0 bridgehead atoms. The maximum Gasteiger partial charge on any atom is 0.238 e. The van der Waals surface area contributed by atoms with E-state index in [1.165, 1.54) is 6.42 Å². The molecule has 1 aromatic rings. The molecule has 1 fully saturated rings. The van der Waals surface area contributed by atoms with Gasteiger partial charge in [0.1, 0.15) is 0 Å². The molecule has 116 valence electrons. The first kappa shape index (κ1) is 16.3. The van der Waals surface area contributed by atoms with Crippen LogP contribution in [0.15, 0.2) is 22.7 Å². The van der Waals surface area contributed by atoms with Crippen LogP contribution in [0.4, 0.5) is 11.4 Å². The minimum atomic E-state index is -0.0367. The van der Waals surface area contributed by atoms with Crippen LogP contribution in [-0.4, -0.2) is 41.7 Å². The predicted octanol–water partition coefficient (Wildman–Crippen LogP) is 2.21. The van der Waals surface area contributed by atoms with Gasteiger partial charge in [-0.2, -0.15) is 0 Å². The van der Waals surface area contributed by atoms with E-state index in [1.807, 2.05) is 0 Å². The number of piperidine rings is 1. The highest BCUT2D eigenvalue weighted by Gasteiger charge is 2.23. The molecule has 1 atom stereocenters.